The molecule has 2 saturated heterocycles. The van der Waals surface area contributed by atoms with Gasteiger partial charge in [-0.25, -0.2) is 0 Å². The van der Waals surface area contributed by atoms with E-state index in [2.05, 4.69) is 30.6 Å². The maximum absolute atomic E-state index is 13.4. The van der Waals surface area contributed by atoms with Crippen molar-refractivity contribution >= 4 is 23.2 Å². The van der Waals surface area contributed by atoms with Crippen molar-refractivity contribution in [2.75, 3.05) is 26.2 Å². The van der Waals surface area contributed by atoms with E-state index < -0.39 is 0 Å². The number of amides is 2. The molecule has 3 heterocycles. The number of piperidine rings is 1. The fourth-order valence-corrected chi connectivity index (χ4v) is 5.70. The van der Waals surface area contributed by atoms with Crippen molar-refractivity contribution in [2.24, 2.45) is 5.41 Å². The Labute approximate surface area is 152 Å². The molecular formula is C19H26N2O3S. The molecule has 1 aliphatic carbocycles. The Morgan fingerprint density at radius 1 is 1.32 bits per heavy atom. The highest BCUT2D eigenvalue weighted by Gasteiger charge is 2.68. The third-order valence-electron chi connectivity index (χ3n) is 6.32. The SMILES string of the molecule is CC1(C)CC1(C(=O)N1CCC2(CC1)CC(=O)NCCO2)c1cccs1. The Hall–Kier alpha value is -1.40. The number of carbonyl (C=O) groups is 2. The van der Waals surface area contributed by atoms with E-state index in [-0.39, 0.29) is 28.2 Å². The standard InChI is InChI=1S/C19H26N2O3S/c1-17(2)13-19(17,14-4-3-11-25-14)16(23)21-8-5-18(6-9-21)12-15(22)20-7-10-24-18/h3-4,11H,5-10,12-13H2,1-2H3,(H,20,22). The second kappa shape index (κ2) is 5.81. The predicted octanol–water partition coefficient (Wildman–Crippen LogP) is 2.31. The molecule has 1 saturated carbocycles. The van der Waals surface area contributed by atoms with Crippen LogP contribution in [0.4, 0.5) is 0 Å². The van der Waals surface area contributed by atoms with Gasteiger partial charge in [0.05, 0.1) is 24.0 Å². The summed E-state index contributed by atoms with van der Waals surface area (Å²) in [6.07, 6.45) is 2.82. The summed E-state index contributed by atoms with van der Waals surface area (Å²) < 4.78 is 6.03. The summed E-state index contributed by atoms with van der Waals surface area (Å²) in [5.41, 5.74) is -0.720. The van der Waals surface area contributed by atoms with E-state index in [4.69, 9.17) is 4.74 Å². The van der Waals surface area contributed by atoms with E-state index >= 15 is 0 Å². The first kappa shape index (κ1) is 17.0. The van der Waals surface area contributed by atoms with Gasteiger partial charge in [0.1, 0.15) is 0 Å². The average Bonchev–Trinajstić information content (AvgIpc) is 2.94. The summed E-state index contributed by atoms with van der Waals surface area (Å²) in [5.74, 6) is 0.323. The van der Waals surface area contributed by atoms with Crippen LogP contribution < -0.4 is 5.32 Å². The van der Waals surface area contributed by atoms with Gasteiger partial charge in [-0.2, -0.15) is 0 Å². The molecule has 0 bridgehead atoms. The molecule has 1 aromatic rings. The van der Waals surface area contributed by atoms with Crippen molar-refractivity contribution in [1.29, 1.82) is 0 Å². The predicted molar refractivity (Wildman–Crippen MR) is 96.5 cm³/mol. The Balaban J connectivity index is 1.49. The molecule has 0 aromatic carbocycles. The number of hydrogen-bond donors (Lipinski definition) is 1. The summed E-state index contributed by atoms with van der Waals surface area (Å²) in [4.78, 5) is 28.5. The minimum absolute atomic E-state index is 0.0166. The van der Waals surface area contributed by atoms with E-state index in [1.165, 1.54) is 4.88 Å². The van der Waals surface area contributed by atoms with Crippen LogP contribution in [0.25, 0.3) is 0 Å². The maximum Gasteiger partial charge on any atom is 0.234 e. The fourth-order valence-electron chi connectivity index (χ4n) is 4.60. The summed E-state index contributed by atoms with van der Waals surface area (Å²) in [6, 6.07) is 4.13. The lowest BCUT2D eigenvalue weighted by Gasteiger charge is -2.41. The summed E-state index contributed by atoms with van der Waals surface area (Å²) in [7, 11) is 0. The quantitative estimate of drug-likeness (QED) is 0.878. The Morgan fingerprint density at radius 3 is 2.64 bits per heavy atom. The lowest BCUT2D eigenvalue weighted by atomic mass is 9.85. The highest BCUT2D eigenvalue weighted by atomic mass is 32.1. The van der Waals surface area contributed by atoms with Crippen LogP contribution >= 0.6 is 11.3 Å². The summed E-state index contributed by atoms with van der Waals surface area (Å²) >= 11 is 1.69. The van der Waals surface area contributed by atoms with Crippen LogP contribution in [0.2, 0.25) is 0 Å². The Bertz CT molecular complexity index is 677. The summed E-state index contributed by atoms with van der Waals surface area (Å²) in [6.45, 7) is 6.87. The summed E-state index contributed by atoms with van der Waals surface area (Å²) in [5, 5.41) is 4.93. The molecule has 3 aliphatic rings. The van der Waals surface area contributed by atoms with E-state index in [0.29, 0.717) is 32.7 Å². The lowest BCUT2D eigenvalue weighted by Crippen LogP contribution is -2.51. The average molecular weight is 362 g/mol. The number of rotatable bonds is 2. The van der Waals surface area contributed by atoms with Gasteiger partial charge in [0.25, 0.3) is 0 Å². The van der Waals surface area contributed by atoms with Crippen LogP contribution in [0.5, 0.6) is 0 Å². The largest absolute Gasteiger partial charge is 0.372 e. The van der Waals surface area contributed by atoms with Crippen molar-refractivity contribution in [3.8, 4) is 0 Å². The van der Waals surface area contributed by atoms with E-state index in [1.807, 2.05) is 11.0 Å². The number of nitrogens with zero attached hydrogens (tertiary/aromatic N) is 1. The molecule has 1 atom stereocenters. The highest BCUT2D eigenvalue weighted by molar-refractivity contribution is 7.10. The van der Waals surface area contributed by atoms with Crippen LogP contribution in [0.1, 0.15) is 44.4 Å². The number of likely N-dealkylation sites (tertiary alicyclic amines) is 1. The van der Waals surface area contributed by atoms with Gasteiger partial charge in [-0.05, 0) is 36.1 Å². The van der Waals surface area contributed by atoms with Crippen LogP contribution in [-0.2, 0) is 19.7 Å². The number of carbonyl (C=O) groups excluding carboxylic acids is 2. The van der Waals surface area contributed by atoms with Crippen molar-refractivity contribution in [3.05, 3.63) is 22.4 Å². The smallest absolute Gasteiger partial charge is 0.234 e. The van der Waals surface area contributed by atoms with E-state index in [0.717, 1.165) is 19.3 Å². The van der Waals surface area contributed by atoms with Gasteiger partial charge < -0.3 is 15.0 Å². The molecule has 25 heavy (non-hydrogen) atoms. The van der Waals surface area contributed by atoms with E-state index in [1.54, 1.807) is 11.3 Å². The van der Waals surface area contributed by atoms with Gasteiger partial charge in [0.15, 0.2) is 0 Å². The van der Waals surface area contributed by atoms with E-state index in [9.17, 15) is 9.59 Å². The molecule has 136 valence electrons. The highest BCUT2D eigenvalue weighted by Crippen LogP contribution is 2.66. The maximum atomic E-state index is 13.4. The lowest BCUT2D eigenvalue weighted by molar-refractivity contribution is -0.143. The molecular weight excluding hydrogens is 336 g/mol. The topological polar surface area (TPSA) is 58.6 Å². The minimum atomic E-state index is -0.382. The van der Waals surface area contributed by atoms with Gasteiger partial charge in [-0.15, -0.1) is 11.3 Å². The van der Waals surface area contributed by atoms with Crippen LogP contribution in [0.15, 0.2) is 17.5 Å². The van der Waals surface area contributed by atoms with Crippen LogP contribution in [-0.4, -0.2) is 48.6 Å². The van der Waals surface area contributed by atoms with Gasteiger partial charge in [-0.1, -0.05) is 19.9 Å². The van der Waals surface area contributed by atoms with Gasteiger partial charge in [0, 0.05) is 24.5 Å². The molecule has 1 N–H and O–H groups in total. The first-order valence-corrected chi connectivity index (χ1v) is 10.0. The fraction of sp³-hybridized carbons (Fsp3) is 0.684. The van der Waals surface area contributed by atoms with Gasteiger partial charge in [0.2, 0.25) is 11.8 Å². The molecule has 1 aromatic heterocycles. The van der Waals surface area contributed by atoms with Crippen LogP contribution in [0.3, 0.4) is 0 Å². The zero-order chi connectivity index (χ0) is 17.7. The van der Waals surface area contributed by atoms with Gasteiger partial charge in [-0.3, -0.25) is 9.59 Å². The number of hydrogen-bond acceptors (Lipinski definition) is 4. The molecule has 5 nitrogen and oxygen atoms in total. The third-order valence-corrected chi connectivity index (χ3v) is 7.35. The number of thiophene rings is 1. The monoisotopic (exact) mass is 362 g/mol. The third kappa shape index (κ3) is 2.70. The number of nitrogens with one attached hydrogen (secondary N) is 1. The second-order valence-electron chi connectivity index (χ2n) is 8.29. The molecule has 1 unspecified atom stereocenters. The Morgan fingerprint density at radius 2 is 2.04 bits per heavy atom. The minimum Gasteiger partial charge on any atom is -0.372 e. The van der Waals surface area contributed by atoms with Crippen molar-refractivity contribution in [2.45, 2.75) is 50.5 Å². The molecule has 2 amide bonds. The molecule has 4 rings (SSSR count). The van der Waals surface area contributed by atoms with Gasteiger partial charge >= 0.3 is 0 Å². The molecule has 3 fully saturated rings. The van der Waals surface area contributed by atoms with Crippen LogP contribution in [0, 0.1) is 5.41 Å². The molecule has 6 heteroatoms. The first-order chi connectivity index (χ1) is 11.9. The van der Waals surface area contributed by atoms with Crippen molar-refractivity contribution < 1.29 is 14.3 Å². The zero-order valence-corrected chi connectivity index (χ0v) is 15.8. The normalized spacial score (nSPS) is 30.6. The number of ether oxygens (including phenoxy) is 1. The van der Waals surface area contributed by atoms with Crippen molar-refractivity contribution in [3.63, 3.8) is 0 Å². The Kier molecular flexibility index (Phi) is 3.96. The van der Waals surface area contributed by atoms with Crippen molar-refractivity contribution in [1.82, 2.24) is 10.2 Å². The first-order valence-electron chi connectivity index (χ1n) is 9.13. The molecule has 0 radical (unpaired) electrons. The molecule has 1 spiro atoms. The zero-order valence-electron chi connectivity index (χ0n) is 15.0. The second-order valence-corrected chi connectivity index (χ2v) is 9.24. The molecule has 2 aliphatic heterocycles.